The Morgan fingerprint density at radius 1 is 1.35 bits per heavy atom. The molecule has 0 aliphatic heterocycles. The first-order valence-electron chi connectivity index (χ1n) is 4.94. The Hall–Kier alpha value is -1.58. The van der Waals surface area contributed by atoms with Gasteiger partial charge in [0.05, 0.1) is 19.7 Å². The molecule has 0 heterocycles. The van der Waals surface area contributed by atoms with Gasteiger partial charge in [-0.25, -0.2) is 8.42 Å². The van der Waals surface area contributed by atoms with Gasteiger partial charge in [-0.15, -0.1) is 0 Å². The zero-order valence-corrected chi connectivity index (χ0v) is 10.8. The van der Waals surface area contributed by atoms with Gasteiger partial charge in [0.2, 0.25) is 10.0 Å². The Labute approximate surface area is 101 Å². The van der Waals surface area contributed by atoms with E-state index in [0.717, 1.165) is 11.1 Å². The van der Waals surface area contributed by atoms with Crippen LogP contribution in [-0.2, 0) is 10.0 Å². The predicted octanol–water partition coefficient (Wildman–Crippen LogP) is 1.11. The molecule has 1 rings (SSSR count). The minimum absolute atomic E-state index is 0.0540. The van der Waals surface area contributed by atoms with E-state index in [9.17, 15) is 8.42 Å². The third kappa shape index (κ3) is 2.96. The maximum Gasteiger partial charge on any atom is 0.245 e. The Morgan fingerprint density at radius 3 is 2.47 bits per heavy atom. The van der Waals surface area contributed by atoms with Crippen molar-refractivity contribution in [3.05, 3.63) is 23.3 Å². The quantitative estimate of drug-likeness (QED) is 0.816. The molecule has 0 fully saturated rings. The van der Waals surface area contributed by atoms with Crippen LogP contribution in [0.15, 0.2) is 17.0 Å². The van der Waals surface area contributed by atoms with Gasteiger partial charge in [0.25, 0.3) is 0 Å². The van der Waals surface area contributed by atoms with Gasteiger partial charge in [-0.05, 0) is 37.1 Å². The molecule has 92 valence electrons. The third-order valence-electron chi connectivity index (χ3n) is 2.41. The number of sulfonamides is 1. The maximum absolute atomic E-state index is 11.9. The normalized spacial score (nSPS) is 10.9. The predicted molar refractivity (Wildman–Crippen MR) is 63.3 cm³/mol. The summed E-state index contributed by atoms with van der Waals surface area (Å²) in [5.41, 5.74) is 1.80. The van der Waals surface area contributed by atoms with Crippen molar-refractivity contribution in [1.82, 2.24) is 4.72 Å². The third-order valence-corrected chi connectivity index (χ3v) is 3.83. The van der Waals surface area contributed by atoms with Gasteiger partial charge in [0, 0.05) is 0 Å². The number of benzene rings is 1. The Bertz CT molecular complexity index is 559. The molecule has 0 aliphatic carbocycles. The molecule has 1 aromatic carbocycles. The average Bonchev–Trinajstić information content (AvgIpc) is 2.29. The summed E-state index contributed by atoms with van der Waals surface area (Å²) in [7, 11) is -2.29. The highest BCUT2D eigenvalue weighted by atomic mass is 32.2. The standard InChI is InChI=1S/C11H14N2O3S/c1-8-6-10(16-3)11(7-9(8)2)17(14,15)13-5-4-12/h6-7,13H,5H2,1-3H3. The van der Waals surface area contributed by atoms with Crippen molar-refractivity contribution in [2.75, 3.05) is 13.7 Å². The summed E-state index contributed by atoms with van der Waals surface area (Å²) in [4.78, 5) is 0.0540. The first kappa shape index (κ1) is 13.5. The van der Waals surface area contributed by atoms with Crippen molar-refractivity contribution in [1.29, 1.82) is 5.26 Å². The van der Waals surface area contributed by atoms with Crippen LogP contribution < -0.4 is 9.46 Å². The second kappa shape index (κ2) is 5.17. The highest BCUT2D eigenvalue weighted by Crippen LogP contribution is 2.26. The van der Waals surface area contributed by atoms with Crippen molar-refractivity contribution in [2.45, 2.75) is 18.7 Å². The van der Waals surface area contributed by atoms with Crippen LogP contribution in [0.5, 0.6) is 5.75 Å². The lowest BCUT2D eigenvalue weighted by atomic mass is 10.1. The van der Waals surface area contributed by atoms with E-state index in [1.54, 1.807) is 12.1 Å². The van der Waals surface area contributed by atoms with E-state index in [4.69, 9.17) is 10.00 Å². The molecular weight excluding hydrogens is 240 g/mol. The fourth-order valence-electron chi connectivity index (χ4n) is 1.34. The van der Waals surface area contributed by atoms with E-state index in [2.05, 4.69) is 4.72 Å². The van der Waals surface area contributed by atoms with Crippen LogP contribution in [0.2, 0.25) is 0 Å². The van der Waals surface area contributed by atoms with E-state index in [-0.39, 0.29) is 17.2 Å². The zero-order valence-electron chi connectivity index (χ0n) is 9.94. The molecule has 0 bridgehead atoms. The lowest BCUT2D eigenvalue weighted by Gasteiger charge is -2.11. The average molecular weight is 254 g/mol. The summed E-state index contributed by atoms with van der Waals surface area (Å²) >= 11 is 0. The summed E-state index contributed by atoms with van der Waals surface area (Å²) in [6.45, 7) is 3.42. The second-order valence-electron chi connectivity index (χ2n) is 3.57. The van der Waals surface area contributed by atoms with E-state index in [1.165, 1.54) is 13.2 Å². The van der Waals surface area contributed by atoms with Gasteiger partial charge >= 0.3 is 0 Å². The van der Waals surface area contributed by atoms with Gasteiger partial charge in [0.1, 0.15) is 10.6 Å². The van der Waals surface area contributed by atoms with E-state index >= 15 is 0 Å². The zero-order chi connectivity index (χ0) is 13.1. The summed E-state index contributed by atoms with van der Waals surface area (Å²) < 4.78 is 31.0. The molecule has 0 radical (unpaired) electrons. The molecular formula is C11H14N2O3S. The number of nitriles is 1. The summed E-state index contributed by atoms with van der Waals surface area (Å²) in [6.07, 6.45) is 0. The van der Waals surface area contributed by atoms with Gasteiger partial charge in [-0.1, -0.05) is 0 Å². The van der Waals surface area contributed by atoms with Crippen LogP contribution in [-0.4, -0.2) is 22.1 Å². The summed E-state index contributed by atoms with van der Waals surface area (Å²) in [5.74, 6) is 0.276. The number of hydrogen-bond acceptors (Lipinski definition) is 4. The van der Waals surface area contributed by atoms with Gasteiger partial charge in [-0.2, -0.15) is 9.98 Å². The molecule has 0 aromatic heterocycles. The molecule has 5 nitrogen and oxygen atoms in total. The summed E-state index contributed by atoms with van der Waals surface area (Å²) in [6, 6.07) is 4.92. The first-order valence-corrected chi connectivity index (χ1v) is 6.42. The van der Waals surface area contributed by atoms with E-state index < -0.39 is 10.0 Å². The molecule has 0 saturated heterocycles. The number of rotatable bonds is 4. The monoisotopic (exact) mass is 254 g/mol. The van der Waals surface area contributed by atoms with Crippen LogP contribution in [0.4, 0.5) is 0 Å². The van der Waals surface area contributed by atoms with E-state index in [0.29, 0.717) is 0 Å². The van der Waals surface area contributed by atoms with Crippen LogP contribution in [0.3, 0.4) is 0 Å². The maximum atomic E-state index is 11.9. The van der Waals surface area contributed by atoms with Crippen LogP contribution in [0.25, 0.3) is 0 Å². The highest BCUT2D eigenvalue weighted by Gasteiger charge is 2.19. The number of nitrogens with one attached hydrogen (secondary N) is 1. The van der Waals surface area contributed by atoms with Crippen molar-refractivity contribution >= 4 is 10.0 Å². The van der Waals surface area contributed by atoms with Gasteiger partial charge in [-0.3, -0.25) is 0 Å². The second-order valence-corrected chi connectivity index (χ2v) is 5.31. The largest absolute Gasteiger partial charge is 0.495 e. The Morgan fingerprint density at radius 2 is 1.94 bits per heavy atom. The van der Waals surface area contributed by atoms with Crippen LogP contribution >= 0.6 is 0 Å². The van der Waals surface area contributed by atoms with Crippen molar-refractivity contribution in [3.8, 4) is 11.8 Å². The lowest BCUT2D eigenvalue weighted by Crippen LogP contribution is -2.24. The molecule has 0 amide bonds. The van der Waals surface area contributed by atoms with Crippen molar-refractivity contribution < 1.29 is 13.2 Å². The molecule has 0 aliphatic rings. The molecule has 17 heavy (non-hydrogen) atoms. The van der Waals surface area contributed by atoms with Crippen molar-refractivity contribution in [3.63, 3.8) is 0 Å². The lowest BCUT2D eigenvalue weighted by molar-refractivity contribution is 0.402. The molecule has 6 heteroatoms. The van der Waals surface area contributed by atoms with E-state index in [1.807, 2.05) is 13.8 Å². The van der Waals surface area contributed by atoms with Gasteiger partial charge in [0.15, 0.2) is 0 Å². The Kier molecular flexibility index (Phi) is 4.10. The summed E-state index contributed by atoms with van der Waals surface area (Å²) in [5, 5.41) is 8.39. The topological polar surface area (TPSA) is 79.2 Å². The van der Waals surface area contributed by atoms with Gasteiger partial charge < -0.3 is 4.74 Å². The molecule has 0 spiro atoms. The first-order chi connectivity index (χ1) is 7.92. The minimum Gasteiger partial charge on any atom is -0.495 e. The molecule has 0 unspecified atom stereocenters. The van der Waals surface area contributed by atoms with Crippen molar-refractivity contribution in [2.24, 2.45) is 0 Å². The number of nitrogens with zero attached hydrogens (tertiary/aromatic N) is 1. The minimum atomic E-state index is -3.70. The molecule has 1 N–H and O–H groups in total. The highest BCUT2D eigenvalue weighted by molar-refractivity contribution is 7.89. The fourth-order valence-corrected chi connectivity index (χ4v) is 2.49. The number of ether oxygens (including phenoxy) is 1. The number of methoxy groups -OCH3 is 1. The van der Waals surface area contributed by atoms with Crippen LogP contribution in [0, 0.1) is 25.2 Å². The molecule has 1 aromatic rings. The van der Waals surface area contributed by atoms with Crippen LogP contribution in [0.1, 0.15) is 11.1 Å². The fraction of sp³-hybridized carbons (Fsp3) is 0.364. The number of aryl methyl sites for hydroxylation is 2. The smallest absolute Gasteiger partial charge is 0.245 e. The molecule has 0 saturated carbocycles. The number of hydrogen-bond donors (Lipinski definition) is 1. The molecule has 0 atom stereocenters. The SMILES string of the molecule is COc1cc(C)c(C)cc1S(=O)(=O)NCC#N. The Balaban J connectivity index is 3.31.